The van der Waals surface area contributed by atoms with E-state index in [1.54, 1.807) is 6.20 Å². The van der Waals surface area contributed by atoms with Gasteiger partial charge in [0.2, 0.25) is 5.95 Å². The molecule has 0 saturated carbocycles. The third kappa shape index (κ3) is 1.97. The second-order valence-corrected chi connectivity index (χ2v) is 4.69. The number of piperazine rings is 1. The Hall–Kier alpha value is -1.89. The lowest BCUT2D eigenvalue weighted by atomic mass is 10.2. The lowest BCUT2D eigenvalue weighted by Crippen LogP contribution is -2.49. The molecule has 3 rings (SSSR count). The van der Waals surface area contributed by atoms with Crippen LogP contribution in [0.4, 0.5) is 5.95 Å². The average Bonchev–Trinajstić information content (AvgIpc) is 2.97. The molecule has 7 heteroatoms. The van der Waals surface area contributed by atoms with Crippen molar-refractivity contribution in [3.63, 3.8) is 0 Å². The summed E-state index contributed by atoms with van der Waals surface area (Å²) in [6.07, 6.45) is 1.76. The summed E-state index contributed by atoms with van der Waals surface area (Å²) in [7, 11) is 0. The van der Waals surface area contributed by atoms with Crippen molar-refractivity contribution in [3.05, 3.63) is 11.9 Å². The third-order valence-corrected chi connectivity index (χ3v) is 3.21. The Kier molecular flexibility index (Phi) is 2.75. The zero-order valence-corrected chi connectivity index (χ0v) is 10.6. The van der Waals surface area contributed by atoms with Crippen LogP contribution in [0.15, 0.2) is 6.20 Å². The summed E-state index contributed by atoms with van der Waals surface area (Å²) in [4.78, 5) is 6.73. The van der Waals surface area contributed by atoms with E-state index in [2.05, 4.69) is 42.5 Å². The predicted octanol–water partition coefficient (Wildman–Crippen LogP) is 0.301. The van der Waals surface area contributed by atoms with Crippen molar-refractivity contribution < 1.29 is 0 Å². The molecular weight excluding hydrogens is 230 g/mol. The molecule has 0 spiro atoms. The fourth-order valence-corrected chi connectivity index (χ4v) is 2.22. The number of aromatic nitrogens is 5. The van der Waals surface area contributed by atoms with Crippen LogP contribution in [0.3, 0.4) is 0 Å². The van der Waals surface area contributed by atoms with Crippen LogP contribution in [-0.2, 0) is 0 Å². The first-order valence-electron chi connectivity index (χ1n) is 6.15. The Morgan fingerprint density at radius 3 is 3.00 bits per heavy atom. The highest BCUT2D eigenvalue weighted by atomic mass is 15.4. The standard InChI is InChI=1S/C11H17N7/c1-7-6-18(4-3-12-7)11-14-10(16-17-11)9-5-13-15-8(9)2/h5,7,12H,3-4,6H2,1-2H3,(H,13,15)(H,14,16,17)/t7-/m0/s1. The van der Waals surface area contributed by atoms with E-state index in [9.17, 15) is 0 Å². The van der Waals surface area contributed by atoms with Crippen molar-refractivity contribution in [2.45, 2.75) is 19.9 Å². The van der Waals surface area contributed by atoms with Gasteiger partial charge in [0.1, 0.15) is 0 Å². The molecule has 2 aromatic rings. The molecule has 18 heavy (non-hydrogen) atoms. The molecule has 1 aliphatic rings. The normalized spacial score (nSPS) is 20.3. The van der Waals surface area contributed by atoms with E-state index in [1.165, 1.54) is 0 Å². The van der Waals surface area contributed by atoms with Gasteiger partial charge in [0.05, 0.1) is 11.8 Å². The molecular formula is C11H17N7. The number of H-pyrrole nitrogens is 2. The number of aryl methyl sites for hydroxylation is 1. The van der Waals surface area contributed by atoms with Crippen LogP contribution >= 0.6 is 0 Å². The van der Waals surface area contributed by atoms with Crippen molar-refractivity contribution in [2.24, 2.45) is 0 Å². The van der Waals surface area contributed by atoms with Gasteiger partial charge in [-0.3, -0.25) is 10.2 Å². The largest absolute Gasteiger partial charge is 0.337 e. The van der Waals surface area contributed by atoms with Gasteiger partial charge in [0.15, 0.2) is 5.82 Å². The van der Waals surface area contributed by atoms with E-state index in [0.717, 1.165) is 42.7 Å². The zero-order chi connectivity index (χ0) is 12.5. The molecule has 0 bridgehead atoms. The molecule has 96 valence electrons. The predicted molar refractivity (Wildman–Crippen MR) is 68.4 cm³/mol. The summed E-state index contributed by atoms with van der Waals surface area (Å²) in [5.41, 5.74) is 1.96. The first-order chi connectivity index (χ1) is 8.74. The molecule has 0 radical (unpaired) electrons. The molecule has 1 atom stereocenters. The number of anilines is 1. The minimum Gasteiger partial charge on any atom is -0.337 e. The number of rotatable bonds is 2. The number of nitrogens with one attached hydrogen (secondary N) is 3. The fraction of sp³-hybridized carbons (Fsp3) is 0.545. The van der Waals surface area contributed by atoms with Gasteiger partial charge < -0.3 is 10.2 Å². The Morgan fingerprint density at radius 1 is 1.39 bits per heavy atom. The molecule has 3 heterocycles. The quantitative estimate of drug-likeness (QED) is 0.710. The molecule has 1 saturated heterocycles. The minimum absolute atomic E-state index is 0.469. The van der Waals surface area contributed by atoms with Crippen LogP contribution in [-0.4, -0.2) is 51.1 Å². The average molecular weight is 247 g/mol. The van der Waals surface area contributed by atoms with Crippen LogP contribution in [0.2, 0.25) is 0 Å². The van der Waals surface area contributed by atoms with Crippen molar-refractivity contribution in [3.8, 4) is 11.4 Å². The van der Waals surface area contributed by atoms with E-state index in [1.807, 2.05) is 6.92 Å². The van der Waals surface area contributed by atoms with Crippen LogP contribution < -0.4 is 10.2 Å². The summed E-state index contributed by atoms with van der Waals surface area (Å²) in [5.74, 6) is 1.53. The first kappa shape index (κ1) is 11.2. The molecule has 0 unspecified atom stereocenters. The van der Waals surface area contributed by atoms with Gasteiger partial charge in [-0.05, 0) is 13.8 Å². The van der Waals surface area contributed by atoms with E-state index >= 15 is 0 Å². The van der Waals surface area contributed by atoms with Gasteiger partial charge in [-0.15, -0.1) is 5.10 Å². The van der Waals surface area contributed by atoms with Crippen molar-refractivity contribution in [1.29, 1.82) is 0 Å². The molecule has 1 aliphatic heterocycles. The van der Waals surface area contributed by atoms with Gasteiger partial charge in [-0.1, -0.05) is 0 Å². The van der Waals surface area contributed by atoms with Gasteiger partial charge in [-0.2, -0.15) is 10.1 Å². The molecule has 0 aliphatic carbocycles. The Morgan fingerprint density at radius 2 is 2.28 bits per heavy atom. The number of nitrogens with zero attached hydrogens (tertiary/aromatic N) is 4. The number of aromatic amines is 2. The van der Waals surface area contributed by atoms with E-state index in [-0.39, 0.29) is 0 Å². The summed E-state index contributed by atoms with van der Waals surface area (Å²) in [5, 5.41) is 17.6. The van der Waals surface area contributed by atoms with Crippen LogP contribution in [0.5, 0.6) is 0 Å². The summed E-state index contributed by atoms with van der Waals surface area (Å²) < 4.78 is 0. The second kappa shape index (κ2) is 4.41. The van der Waals surface area contributed by atoms with E-state index in [0.29, 0.717) is 6.04 Å². The van der Waals surface area contributed by atoms with Gasteiger partial charge >= 0.3 is 0 Å². The van der Waals surface area contributed by atoms with Gasteiger partial charge in [-0.25, -0.2) is 0 Å². The van der Waals surface area contributed by atoms with Crippen molar-refractivity contribution >= 4 is 5.95 Å². The highest BCUT2D eigenvalue weighted by Crippen LogP contribution is 2.19. The van der Waals surface area contributed by atoms with E-state index in [4.69, 9.17) is 0 Å². The van der Waals surface area contributed by atoms with Crippen LogP contribution in [0.1, 0.15) is 12.6 Å². The van der Waals surface area contributed by atoms with Gasteiger partial charge in [0.25, 0.3) is 0 Å². The van der Waals surface area contributed by atoms with Crippen LogP contribution in [0.25, 0.3) is 11.4 Å². The maximum atomic E-state index is 4.54. The Labute approximate surface area is 105 Å². The molecule has 3 N–H and O–H groups in total. The third-order valence-electron chi connectivity index (χ3n) is 3.21. The summed E-state index contributed by atoms with van der Waals surface area (Å²) in [6.45, 7) is 6.97. The molecule has 1 fully saturated rings. The second-order valence-electron chi connectivity index (χ2n) is 4.69. The Bertz CT molecular complexity index is 529. The molecule has 7 nitrogen and oxygen atoms in total. The highest BCUT2D eigenvalue weighted by Gasteiger charge is 2.20. The first-order valence-corrected chi connectivity index (χ1v) is 6.15. The van der Waals surface area contributed by atoms with Crippen LogP contribution in [0, 0.1) is 6.92 Å². The number of hydrogen-bond donors (Lipinski definition) is 3. The Balaban J connectivity index is 1.83. The highest BCUT2D eigenvalue weighted by molar-refractivity contribution is 5.57. The fourth-order valence-electron chi connectivity index (χ4n) is 2.22. The summed E-state index contributed by atoms with van der Waals surface area (Å²) >= 11 is 0. The lowest BCUT2D eigenvalue weighted by molar-refractivity contribution is 0.480. The SMILES string of the molecule is Cc1[nH]ncc1-c1nc(N2CCN[C@@H](C)C2)n[nH]1. The monoisotopic (exact) mass is 247 g/mol. The molecule has 0 amide bonds. The van der Waals surface area contributed by atoms with E-state index < -0.39 is 0 Å². The lowest BCUT2D eigenvalue weighted by Gasteiger charge is -2.30. The maximum Gasteiger partial charge on any atom is 0.245 e. The molecule has 0 aromatic carbocycles. The zero-order valence-electron chi connectivity index (χ0n) is 10.6. The minimum atomic E-state index is 0.469. The topological polar surface area (TPSA) is 85.5 Å². The smallest absolute Gasteiger partial charge is 0.245 e. The summed E-state index contributed by atoms with van der Waals surface area (Å²) in [6, 6.07) is 0.469. The number of hydrogen-bond acceptors (Lipinski definition) is 5. The van der Waals surface area contributed by atoms with Crippen molar-refractivity contribution in [2.75, 3.05) is 24.5 Å². The van der Waals surface area contributed by atoms with Crippen molar-refractivity contribution in [1.82, 2.24) is 30.7 Å². The molecule has 2 aromatic heterocycles. The maximum absolute atomic E-state index is 4.54. The van der Waals surface area contributed by atoms with Gasteiger partial charge in [0, 0.05) is 31.4 Å².